The highest BCUT2D eigenvalue weighted by atomic mass is 16.4. The number of hydrogen-bond acceptors (Lipinski definition) is 1. The lowest BCUT2D eigenvalue weighted by molar-refractivity contribution is -0.142. The van der Waals surface area contributed by atoms with Crippen LogP contribution >= 0.6 is 0 Å². The van der Waals surface area contributed by atoms with Gasteiger partial charge in [0.05, 0.1) is 0 Å². The van der Waals surface area contributed by atoms with E-state index in [0.717, 1.165) is 24.7 Å². The molecule has 0 amide bonds. The Morgan fingerprint density at radius 1 is 1.31 bits per heavy atom. The Morgan fingerprint density at radius 3 is 2.23 bits per heavy atom. The summed E-state index contributed by atoms with van der Waals surface area (Å²) < 4.78 is 0. The van der Waals surface area contributed by atoms with Crippen LogP contribution in [0.1, 0.15) is 39.5 Å². The van der Waals surface area contributed by atoms with Crippen molar-refractivity contribution in [3.8, 4) is 0 Å². The molecule has 2 nitrogen and oxygen atoms in total. The van der Waals surface area contributed by atoms with Crippen molar-refractivity contribution in [2.75, 3.05) is 0 Å². The quantitative estimate of drug-likeness (QED) is 0.712. The van der Waals surface area contributed by atoms with Crippen LogP contribution in [-0.4, -0.2) is 11.1 Å². The topological polar surface area (TPSA) is 37.3 Å². The number of rotatable bonds is 2. The molecule has 2 bridgehead atoms. The third-order valence-corrected chi connectivity index (χ3v) is 4.37. The Balaban J connectivity index is 1.93. The number of fused-ring (bicyclic) bond motifs is 2. The molecule has 2 heteroatoms. The maximum atomic E-state index is 10.6. The molecule has 0 heterocycles. The molecule has 2 unspecified atom stereocenters. The van der Waals surface area contributed by atoms with Crippen LogP contribution in [0.4, 0.5) is 0 Å². The van der Waals surface area contributed by atoms with Crippen LogP contribution in [0, 0.1) is 23.2 Å². The van der Waals surface area contributed by atoms with E-state index >= 15 is 0 Å². The van der Waals surface area contributed by atoms with Gasteiger partial charge in [-0.25, -0.2) is 0 Å². The van der Waals surface area contributed by atoms with Crippen molar-refractivity contribution in [2.24, 2.45) is 23.2 Å². The van der Waals surface area contributed by atoms with Gasteiger partial charge in [-0.15, -0.1) is 0 Å². The number of aliphatic carboxylic acids is 1. The third kappa shape index (κ3) is 1.36. The first-order valence-electron chi connectivity index (χ1n) is 5.22. The Hall–Kier alpha value is -0.530. The zero-order valence-corrected chi connectivity index (χ0v) is 8.42. The predicted molar refractivity (Wildman–Crippen MR) is 50.4 cm³/mol. The first-order chi connectivity index (χ1) is 6.00. The number of carboxylic acids is 1. The van der Waals surface area contributed by atoms with E-state index in [1.165, 1.54) is 6.42 Å². The molecule has 3 aliphatic carbocycles. The maximum absolute atomic E-state index is 10.6. The second kappa shape index (κ2) is 2.73. The van der Waals surface area contributed by atoms with E-state index in [9.17, 15) is 4.79 Å². The smallest absolute Gasteiger partial charge is 0.303 e. The van der Waals surface area contributed by atoms with Gasteiger partial charge in [-0.05, 0) is 42.4 Å². The molecule has 3 saturated carbocycles. The summed E-state index contributed by atoms with van der Waals surface area (Å²) in [5.74, 6) is 1.45. The maximum Gasteiger partial charge on any atom is 0.303 e. The van der Waals surface area contributed by atoms with Crippen molar-refractivity contribution in [3.05, 3.63) is 0 Å². The summed E-state index contributed by atoms with van der Waals surface area (Å²) in [5.41, 5.74) is 0.509. The lowest BCUT2D eigenvalue weighted by atomic mass is 9.46. The molecule has 0 saturated heterocycles. The first-order valence-corrected chi connectivity index (χ1v) is 5.22. The fraction of sp³-hybridized carbons (Fsp3) is 0.909. The van der Waals surface area contributed by atoms with E-state index in [0.29, 0.717) is 17.8 Å². The summed E-state index contributed by atoms with van der Waals surface area (Å²) in [6.45, 7) is 4.67. The van der Waals surface area contributed by atoms with Gasteiger partial charge in [0.25, 0.3) is 0 Å². The van der Waals surface area contributed by atoms with Gasteiger partial charge in [0, 0.05) is 6.42 Å². The Labute approximate surface area is 79.3 Å². The molecule has 0 aromatic carbocycles. The van der Waals surface area contributed by atoms with E-state index in [4.69, 9.17) is 5.11 Å². The highest BCUT2D eigenvalue weighted by Gasteiger charge is 2.52. The largest absolute Gasteiger partial charge is 0.481 e. The summed E-state index contributed by atoms with van der Waals surface area (Å²) in [5, 5.41) is 8.70. The van der Waals surface area contributed by atoms with E-state index in [1.54, 1.807) is 0 Å². The lowest BCUT2D eigenvalue weighted by Gasteiger charge is -2.58. The summed E-state index contributed by atoms with van der Waals surface area (Å²) in [6, 6.07) is 0. The van der Waals surface area contributed by atoms with Gasteiger partial charge >= 0.3 is 5.97 Å². The van der Waals surface area contributed by atoms with E-state index < -0.39 is 5.97 Å². The van der Waals surface area contributed by atoms with Gasteiger partial charge in [-0.1, -0.05) is 13.8 Å². The van der Waals surface area contributed by atoms with Gasteiger partial charge < -0.3 is 5.11 Å². The van der Waals surface area contributed by atoms with Crippen LogP contribution in [-0.2, 0) is 4.79 Å². The average molecular weight is 182 g/mol. The van der Waals surface area contributed by atoms with Gasteiger partial charge in [0.1, 0.15) is 0 Å². The summed E-state index contributed by atoms with van der Waals surface area (Å²) in [6.07, 6.45) is 4.04. The molecule has 74 valence electrons. The fourth-order valence-corrected chi connectivity index (χ4v) is 3.24. The second-order valence-electron chi connectivity index (χ2n) is 5.39. The van der Waals surface area contributed by atoms with E-state index in [1.807, 2.05) is 0 Å². The predicted octanol–water partition coefficient (Wildman–Crippen LogP) is 2.53. The van der Waals surface area contributed by atoms with Gasteiger partial charge in [-0.2, -0.15) is 0 Å². The highest BCUT2D eigenvalue weighted by Crippen LogP contribution is 2.61. The molecule has 0 radical (unpaired) electrons. The van der Waals surface area contributed by atoms with Crippen molar-refractivity contribution >= 4 is 5.97 Å². The monoisotopic (exact) mass is 182 g/mol. The highest BCUT2D eigenvalue weighted by molar-refractivity contribution is 5.67. The molecule has 0 aromatic rings. The van der Waals surface area contributed by atoms with Gasteiger partial charge in [0.2, 0.25) is 0 Å². The molecule has 13 heavy (non-hydrogen) atoms. The van der Waals surface area contributed by atoms with Crippen LogP contribution < -0.4 is 0 Å². The van der Waals surface area contributed by atoms with Crippen molar-refractivity contribution in [2.45, 2.75) is 39.5 Å². The van der Waals surface area contributed by atoms with Gasteiger partial charge in [-0.3, -0.25) is 4.79 Å². The van der Waals surface area contributed by atoms with Crippen LogP contribution in [0.25, 0.3) is 0 Å². The molecule has 3 rings (SSSR count). The molecule has 3 fully saturated rings. The molecule has 0 aliphatic heterocycles. The minimum atomic E-state index is -0.621. The van der Waals surface area contributed by atoms with Gasteiger partial charge in [0.15, 0.2) is 0 Å². The first kappa shape index (κ1) is 9.04. The minimum Gasteiger partial charge on any atom is -0.481 e. The van der Waals surface area contributed by atoms with E-state index in [-0.39, 0.29) is 0 Å². The molecule has 3 aliphatic rings. The molecule has 1 N–H and O–H groups in total. The SMILES string of the molecule is CC1(C)C2CC(CC(=O)O)CC1C2. The minimum absolute atomic E-state index is 0.392. The van der Waals surface area contributed by atoms with Crippen molar-refractivity contribution in [3.63, 3.8) is 0 Å². The number of carbonyl (C=O) groups is 1. The number of hydrogen-bond donors (Lipinski definition) is 1. The van der Waals surface area contributed by atoms with Crippen molar-refractivity contribution < 1.29 is 9.90 Å². The van der Waals surface area contributed by atoms with E-state index in [2.05, 4.69) is 13.8 Å². The van der Waals surface area contributed by atoms with Crippen LogP contribution in [0.3, 0.4) is 0 Å². The van der Waals surface area contributed by atoms with Crippen LogP contribution in [0.15, 0.2) is 0 Å². The lowest BCUT2D eigenvalue weighted by Crippen LogP contribution is -2.50. The zero-order valence-electron chi connectivity index (χ0n) is 8.42. The number of carboxylic acid groups (broad SMARTS) is 1. The molecule has 2 atom stereocenters. The van der Waals surface area contributed by atoms with Crippen molar-refractivity contribution in [1.29, 1.82) is 0 Å². The Morgan fingerprint density at radius 2 is 1.85 bits per heavy atom. The zero-order chi connectivity index (χ0) is 9.64. The summed E-state index contributed by atoms with van der Waals surface area (Å²) in [7, 11) is 0. The fourth-order valence-electron chi connectivity index (χ4n) is 3.24. The molecular formula is C11H18O2. The Bertz CT molecular complexity index is 218. The second-order valence-corrected chi connectivity index (χ2v) is 5.39. The average Bonchev–Trinajstić information content (AvgIpc) is 2.03. The summed E-state index contributed by atoms with van der Waals surface area (Å²) in [4.78, 5) is 10.6. The molecule has 0 aromatic heterocycles. The summed E-state index contributed by atoms with van der Waals surface area (Å²) >= 11 is 0. The molecule has 0 spiro atoms. The third-order valence-electron chi connectivity index (χ3n) is 4.37. The Kier molecular flexibility index (Phi) is 1.90. The van der Waals surface area contributed by atoms with Crippen LogP contribution in [0.2, 0.25) is 0 Å². The standard InChI is InChI=1S/C11H18O2/c1-11(2)8-3-7(5-10(12)13)4-9(11)6-8/h7-9H,3-6H2,1-2H3,(H,12,13). The molecular weight excluding hydrogens is 164 g/mol. The van der Waals surface area contributed by atoms with Crippen LogP contribution in [0.5, 0.6) is 0 Å². The van der Waals surface area contributed by atoms with Crippen molar-refractivity contribution in [1.82, 2.24) is 0 Å². The normalized spacial score (nSPS) is 40.9.